The smallest absolute Gasteiger partial charge is 0.303 e. The summed E-state index contributed by atoms with van der Waals surface area (Å²) in [5.41, 5.74) is 0.873. The summed E-state index contributed by atoms with van der Waals surface area (Å²) in [4.78, 5) is 14.9. The highest BCUT2D eigenvalue weighted by Crippen LogP contribution is 2.27. The molecule has 15 heavy (non-hydrogen) atoms. The third-order valence-electron chi connectivity index (χ3n) is 1.85. The molecule has 3 nitrogen and oxygen atoms in total. The standard InChI is InChI=1S/C10H14BrNO2S/c1-6(2)5-8-12-7(10(11)15-8)3-4-9(13)14/h6H,3-5H2,1-2H3,(H,13,14). The van der Waals surface area contributed by atoms with Gasteiger partial charge < -0.3 is 5.11 Å². The van der Waals surface area contributed by atoms with Crippen LogP contribution in [-0.4, -0.2) is 16.1 Å². The topological polar surface area (TPSA) is 50.2 Å². The van der Waals surface area contributed by atoms with Crippen molar-refractivity contribution in [2.24, 2.45) is 5.92 Å². The summed E-state index contributed by atoms with van der Waals surface area (Å²) in [5, 5.41) is 9.66. The van der Waals surface area contributed by atoms with Crippen molar-refractivity contribution >= 4 is 33.2 Å². The van der Waals surface area contributed by atoms with Gasteiger partial charge in [0.05, 0.1) is 20.9 Å². The van der Waals surface area contributed by atoms with Crippen molar-refractivity contribution in [1.29, 1.82) is 0 Å². The van der Waals surface area contributed by atoms with Crippen molar-refractivity contribution in [3.63, 3.8) is 0 Å². The highest BCUT2D eigenvalue weighted by atomic mass is 79.9. The Labute approximate surface area is 102 Å². The fourth-order valence-corrected chi connectivity index (χ4v) is 3.09. The fourth-order valence-electron chi connectivity index (χ4n) is 1.20. The van der Waals surface area contributed by atoms with E-state index in [9.17, 15) is 4.79 Å². The lowest BCUT2D eigenvalue weighted by Crippen LogP contribution is -1.99. The molecular weight excluding hydrogens is 278 g/mol. The van der Waals surface area contributed by atoms with Gasteiger partial charge in [-0.1, -0.05) is 13.8 Å². The van der Waals surface area contributed by atoms with Gasteiger partial charge in [0.2, 0.25) is 0 Å². The average molecular weight is 292 g/mol. The maximum Gasteiger partial charge on any atom is 0.303 e. The molecule has 0 amide bonds. The number of hydrogen-bond acceptors (Lipinski definition) is 3. The van der Waals surface area contributed by atoms with Gasteiger partial charge >= 0.3 is 5.97 Å². The Morgan fingerprint density at radius 3 is 2.80 bits per heavy atom. The number of halogens is 1. The van der Waals surface area contributed by atoms with E-state index in [-0.39, 0.29) is 6.42 Å². The summed E-state index contributed by atoms with van der Waals surface area (Å²) in [7, 11) is 0. The van der Waals surface area contributed by atoms with Gasteiger partial charge in [0, 0.05) is 12.8 Å². The van der Waals surface area contributed by atoms with Gasteiger partial charge in [-0.3, -0.25) is 4.79 Å². The quantitative estimate of drug-likeness (QED) is 0.907. The van der Waals surface area contributed by atoms with Crippen molar-refractivity contribution in [2.75, 3.05) is 0 Å². The highest BCUT2D eigenvalue weighted by Gasteiger charge is 2.11. The predicted molar refractivity (Wildman–Crippen MR) is 64.3 cm³/mol. The van der Waals surface area contributed by atoms with Crippen molar-refractivity contribution in [3.8, 4) is 0 Å². The SMILES string of the molecule is CC(C)Cc1nc(CCC(=O)O)c(Br)s1. The molecule has 0 aliphatic heterocycles. The first kappa shape index (κ1) is 12.6. The second kappa shape index (κ2) is 5.61. The lowest BCUT2D eigenvalue weighted by molar-refractivity contribution is -0.136. The molecule has 0 aliphatic rings. The average Bonchev–Trinajstić information content (AvgIpc) is 2.41. The minimum Gasteiger partial charge on any atom is -0.481 e. The van der Waals surface area contributed by atoms with Crippen molar-refractivity contribution < 1.29 is 9.90 Å². The van der Waals surface area contributed by atoms with Crippen LogP contribution in [0.3, 0.4) is 0 Å². The van der Waals surface area contributed by atoms with E-state index in [1.807, 2.05) is 0 Å². The number of thiazole rings is 1. The second-order valence-corrected chi connectivity index (χ2v) is 6.22. The molecule has 0 fully saturated rings. The number of aliphatic carboxylic acids is 1. The zero-order valence-electron chi connectivity index (χ0n) is 8.79. The van der Waals surface area contributed by atoms with Crippen LogP contribution in [0.2, 0.25) is 0 Å². The molecule has 1 aromatic heterocycles. The minimum atomic E-state index is -0.777. The van der Waals surface area contributed by atoms with E-state index in [4.69, 9.17) is 5.11 Å². The van der Waals surface area contributed by atoms with Gasteiger partial charge in [-0.15, -0.1) is 11.3 Å². The Kier molecular flexibility index (Phi) is 4.73. The van der Waals surface area contributed by atoms with Gasteiger partial charge in [-0.25, -0.2) is 4.98 Å². The lowest BCUT2D eigenvalue weighted by Gasteiger charge is -1.98. The van der Waals surface area contributed by atoms with E-state index in [2.05, 4.69) is 34.8 Å². The van der Waals surface area contributed by atoms with Crippen LogP contribution < -0.4 is 0 Å². The second-order valence-electron chi connectivity index (χ2n) is 3.82. The predicted octanol–water partition coefficient (Wildman–Crippen LogP) is 3.12. The monoisotopic (exact) mass is 291 g/mol. The Balaban J connectivity index is 2.64. The van der Waals surface area contributed by atoms with Crippen LogP contribution in [0.25, 0.3) is 0 Å². The molecule has 0 atom stereocenters. The molecular formula is C10H14BrNO2S. The maximum absolute atomic E-state index is 10.4. The molecule has 1 aromatic rings. The van der Waals surface area contributed by atoms with E-state index in [1.165, 1.54) is 0 Å². The Morgan fingerprint density at radius 2 is 2.27 bits per heavy atom. The summed E-state index contributed by atoms with van der Waals surface area (Å²) >= 11 is 5.03. The van der Waals surface area contributed by atoms with Crippen molar-refractivity contribution in [2.45, 2.75) is 33.1 Å². The van der Waals surface area contributed by atoms with Crippen LogP contribution >= 0.6 is 27.3 Å². The Bertz CT molecular complexity index is 349. The normalized spacial score (nSPS) is 10.9. The summed E-state index contributed by atoms with van der Waals surface area (Å²) in [6, 6.07) is 0. The van der Waals surface area contributed by atoms with Crippen LogP contribution in [0.5, 0.6) is 0 Å². The van der Waals surface area contributed by atoms with Gasteiger partial charge in [0.1, 0.15) is 0 Å². The third-order valence-corrected chi connectivity index (χ3v) is 3.70. The third kappa shape index (κ3) is 4.30. The molecule has 5 heteroatoms. The molecule has 0 radical (unpaired) electrons. The molecule has 0 aromatic carbocycles. The van der Waals surface area contributed by atoms with Gasteiger partial charge in [-0.05, 0) is 21.8 Å². The molecule has 0 saturated carbocycles. The first-order chi connectivity index (χ1) is 6.99. The van der Waals surface area contributed by atoms with E-state index in [1.54, 1.807) is 11.3 Å². The summed E-state index contributed by atoms with van der Waals surface area (Å²) in [5.74, 6) is -0.198. The maximum atomic E-state index is 10.4. The van der Waals surface area contributed by atoms with Crippen molar-refractivity contribution in [3.05, 3.63) is 14.5 Å². The molecule has 0 unspecified atom stereocenters. The Morgan fingerprint density at radius 1 is 1.60 bits per heavy atom. The molecule has 0 bridgehead atoms. The largest absolute Gasteiger partial charge is 0.481 e. The lowest BCUT2D eigenvalue weighted by atomic mass is 10.1. The van der Waals surface area contributed by atoms with E-state index in [0.717, 1.165) is 20.9 Å². The number of aryl methyl sites for hydroxylation is 1. The first-order valence-corrected chi connectivity index (χ1v) is 6.46. The number of carboxylic acids is 1. The van der Waals surface area contributed by atoms with Crippen LogP contribution in [0.4, 0.5) is 0 Å². The molecule has 0 saturated heterocycles. The zero-order valence-corrected chi connectivity index (χ0v) is 11.2. The number of hydrogen-bond donors (Lipinski definition) is 1. The minimum absolute atomic E-state index is 0.142. The van der Waals surface area contributed by atoms with Gasteiger partial charge in [0.15, 0.2) is 0 Å². The molecule has 0 spiro atoms. The molecule has 1 N–H and O–H groups in total. The van der Waals surface area contributed by atoms with E-state index in [0.29, 0.717) is 12.3 Å². The number of aromatic nitrogens is 1. The number of carbonyl (C=O) groups is 1. The van der Waals surface area contributed by atoms with Crippen LogP contribution in [0.15, 0.2) is 3.79 Å². The Hall–Kier alpha value is -0.420. The zero-order chi connectivity index (χ0) is 11.4. The van der Waals surface area contributed by atoms with Gasteiger partial charge in [-0.2, -0.15) is 0 Å². The van der Waals surface area contributed by atoms with Gasteiger partial charge in [0.25, 0.3) is 0 Å². The molecule has 1 rings (SSSR count). The highest BCUT2D eigenvalue weighted by molar-refractivity contribution is 9.11. The number of nitrogens with zero attached hydrogens (tertiary/aromatic N) is 1. The van der Waals surface area contributed by atoms with E-state index >= 15 is 0 Å². The summed E-state index contributed by atoms with van der Waals surface area (Å²) in [6.45, 7) is 4.29. The number of carboxylic acid groups (broad SMARTS) is 1. The first-order valence-electron chi connectivity index (χ1n) is 4.85. The summed E-state index contributed by atoms with van der Waals surface area (Å²) < 4.78 is 0.972. The summed E-state index contributed by atoms with van der Waals surface area (Å²) in [6.07, 6.45) is 1.60. The van der Waals surface area contributed by atoms with Crippen LogP contribution in [-0.2, 0) is 17.6 Å². The van der Waals surface area contributed by atoms with Crippen LogP contribution in [0.1, 0.15) is 31.0 Å². The van der Waals surface area contributed by atoms with Crippen LogP contribution in [0, 0.1) is 5.92 Å². The van der Waals surface area contributed by atoms with Crippen molar-refractivity contribution in [1.82, 2.24) is 4.98 Å². The molecule has 84 valence electrons. The number of rotatable bonds is 5. The fraction of sp³-hybridized carbons (Fsp3) is 0.600. The molecule has 0 aliphatic carbocycles. The van der Waals surface area contributed by atoms with E-state index < -0.39 is 5.97 Å². The molecule has 1 heterocycles.